The van der Waals surface area contributed by atoms with Crippen molar-refractivity contribution in [2.45, 2.75) is 0 Å². The van der Waals surface area contributed by atoms with Crippen molar-refractivity contribution < 1.29 is 19.0 Å². The summed E-state index contributed by atoms with van der Waals surface area (Å²) >= 11 is 0. The van der Waals surface area contributed by atoms with Gasteiger partial charge in [0, 0.05) is 11.6 Å². The van der Waals surface area contributed by atoms with E-state index in [1.165, 1.54) is 0 Å². The van der Waals surface area contributed by atoms with Crippen LogP contribution in [0.15, 0.2) is 72.3 Å². The van der Waals surface area contributed by atoms with E-state index in [0.29, 0.717) is 28.4 Å². The lowest BCUT2D eigenvalue weighted by atomic mass is 9.94. The predicted octanol–water partition coefficient (Wildman–Crippen LogP) is 5.03. The van der Waals surface area contributed by atoms with Crippen LogP contribution < -0.4 is 14.2 Å². The van der Waals surface area contributed by atoms with E-state index in [4.69, 9.17) is 14.2 Å². The molecule has 1 aliphatic heterocycles. The van der Waals surface area contributed by atoms with Gasteiger partial charge in [0.2, 0.25) is 0 Å². The second kappa shape index (κ2) is 7.61. The Bertz CT molecular complexity index is 1030. The maximum atomic E-state index is 13.1. The molecule has 4 nitrogen and oxygen atoms in total. The van der Waals surface area contributed by atoms with E-state index >= 15 is 0 Å². The minimum absolute atomic E-state index is 0.0270. The number of methoxy groups -OCH3 is 2. The molecule has 0 fully saturated rings. The second-order valence-corrected chi connectivity index (χ2v) is 6.51. The number of Topliss-reactive ketones (excluding diaryl/α,β-unsaturated/α-hetero) is 1. The molecular weight excluding hydrogens is 352 g/mol. The molecule has 3 aromatic carbocycles. The first-order valence-electron chi connectivity index (χ1n) is 8.98. The number of fused-ring (bicyclic) bond motifs is 1. The van der Waals surface area contributed by atoms with Gasteiger partial charge in [0.05, 0.1) is 19.8 Å². The zero-order chi connectivity index (χ0) is 19.5. The van der Waals surface area contributed by atoms with Crippen molar-refractivity contribution in [2.75, 3.05) is 20.8 Å². The number of carbonyl (C=O) groups excluding carboxylic acids is 1. The quantitative estimate of drug-likeness (QED) is 0.603. The van der Waals surface area contributed by atoms with E-state index < -0.39 is 0 Å². The van der Waals surface area contributed by atoms with Crippen molar-refractivity contribution >= 4 is 11.9 Å². The van der Waals surface area contributed by atoms with E-state index in [-0.39, 0.29) is 12.4 Å². The molecule has 1 heterocycles. The topological polar surface area (TPSA) is 44.8 Å². The van der Waals surface area contributed by atoms with Gasteiger partial charge in [-0.15, -0.1) is 0 Å². The largest absolute Gasteiger partial charge is 0.497 e. The zero-order valence-corrected chi connectivity index (χ0v) is 15.8. The summed E-state index contributed by atoms with van der Waals surface area (Å²) in [4.78, 5) is 13.1. The van der Waals surface area contributed by atoms with Gasteiger partial charge in [0.15, 0.2) is 5.78 Å². The first kappa shape index (κ1) is 17.9. The number of rotatable bonds is 4. The van der Waals surface area contributed by atoms with E-state index in [0.717, 1.165) is 16.7 Å². The van der Waals surface area contributed by atoms with Crippen LogP contribution in [0.4, 0.5) is 0 Å². The Kier molecular flexibility index (Phi) is 4.85. The van der Waals surface area contributed by atoms with Gasteiger partial charge in [-0.1, -0.05) is 36.4 Å². The summed E-state index contributed by atoms with van der Waals surface area (Å²) in [5.74, 6) is 1.93. The first-order valence-corrected chi connectivity index (χ1v) is 8.98. The van der Waals surface area contributed by atoms with Crippen molar-refractivity contribution in [1.29, 1.82) is 0 Å². The number of hydrogen-bond donors (Lipinski definition) is 0. The number of benzene rings is 3. The maximum Gasteiger partial charge on any atom is 0.196 e. The van der Waals surface area contributed by atoms with Crippen molar-refractivity contribution in [3.63, 3.8) is 0 Å². The third kappa shape index (κ3) is 3.49. The van der Waals surface area contributed by atoms with Gasteiger partial charge < -0.3 is 14.2 Å². The number of ether oxygens (including phenoxy) is 3. The summed E-state index contributed by atoms with van der Waals surface area (Å²) < 4.78 is 16.4. The summed E-state index contributed by atoms with van der Waals surface area (Å²) in [6.45, 7) is 0.232. The number of ketones is 1. The fourth-order valence-electron chi connectivity index (χ4n) is 3.26. The predicted molar refractivity (Wildman–Crippen MR) is 109 cm³/mol. The molecule has 0 saturated carbocycles. The smallest absolute Gasteiger partial charge is 0.196 e. The third-order valence-electron chi connectivity index (χ3n) is 4.72. The average Bonchev–Trinajstić information content (AvgIpc) is 2.76. The van der Waals surface area contributed by atoms with E-state index in [1.807, 2.05) is 66.7 Å². The SMILES string of the molecule is COc1cc(/C=C2\COc3ccc(-c4ccccc4)cc3C2=O)cc(OC)c1. The molecule has 0 bridgehead atoms. The molecule has 140 valence electrons. The number of carbonyl (C=O) groups is 1. The van der Waals surface area contributed by atoms with Crippen molar-refractivity contribution in [2.24, 2.45) is 0 Å². The van der Waals surface area contributed by atoms with Crippen LogP contribution in [0.5, 0.6) is 17.2 Å². The van der Waals surface area contributed by atoms with Gasteiger partial charge in [0.25, 0.3) is 0 Å². The van der Waals surface area contributed by atoms with Crippen LogP contribution >= 0.6 is 0 Å². The van der Waals surface area contributed by atoms with Crippen LogP contribution in [0.25, 0.3) is 17.2 Å². The molecule has 1 aliphatic rings. The maximum absolute atomic E-state index is 13.1. The highest BCUT2D eigenvalue weighted by Gasteiger charge is 2.24. The molecule has 0 N–H and O–H groups in total. The van der Waals surface area contributed by atoms with Crippen LogP contribution in [-0.2, 0) is 0 Å². The second-order valence-electron chi connectivity index (χ2n) is 6.51. The van der Waals surface area contributed by atoms with Gasteiger partial charge in [-0.05, 0) is 47.0 Å². The normalized spacial score (nSPS) is 14.4. The fraction of sp³-hybridized carbons (Fsp3) is 0.125. The molecule has 3 aromatic rings. The highest BCUT2D eigenvalue weighted by molar-refractivity contribution is 6.14. The van der Waals surface area contributed by atoms with Crippen LogP contribution in [-0.4, -0.2) is 26.6 Å². The van der Waals surface area contributed by atoms with Gasteiger partial charge in [-0.2, -0.15) is 0 Å². The zero-order valence-electron chi connectivity index (χ0n) is 15.8. The summed E-state index contributed by atoms with van der Waals surface area (Å²) in [5.41, 5.74) is 4.04. The van der Waals surface area contributed by atoms with Crippen LogP contribution in [0, 0.1) is 0 Å². The molecule has 0 amide bonds. The van der Waals surface area contributed by atoms with Crippen LogP contribution in [0.3, 0.4) is 0 Å². The minimum atomic E-state index is -0.0270. The fourth-order valence-corrected chi connectivity index (χ4v) is 3.26. The number of hydrogen-bond acceptors (Lipinski definition) is 4. The highest BCUT2D eigenvalue weighted by atomic mass is 16.5. The molecule has 0 radical (unpaired) electrons. The lowest BCUT2D eigenvalue weighted by Gasteiger charge is -2.20. The van der Waals surface area contributed by atoms with Gasteiger partial charge in [-0.25, -0.2) is 0 Å². The van der Waals surface area contributed by atoms with Crippen LogP contribution in [0.1, 0.15) is 15.9 Å². The van der Waals surface area contributed by atoms with E-state index in [2.05, 4.69) is 0 Å². The monoisotopic (exact) mass is 372 g/mol. The molecule has 0 aromatic heterocycles. The Labute approximate surface area is 164 Å². The van der Waals surface area contributed by atoms with E-state index in [9.17, 15) is 4.79 Å². The molecule has 4 rings (SSSR count). The Morgan fingerprint density at radius 2 is 1.57 bits per heavy atom. The lowest BCUT2D eigenvalue weighted by molar-refractivity contribution is 0.100. The Morgan fingerprint density at radius 1 is 0.857 bits per heavy atom. The summed E-state index contributed by atoms with van der Waals surface area (Å²) in [7, 11) is 3.20. The molecule has 0 saturated heterocycles. The third-order valence-corrected chi connectivity index (χ3v) is 4.72. The highest BCUT2D eigenvalue weighted by Crippen LogP contribution is 2.33. The Balaban J connectivity index is 1.71. The van der Waals surface area contributed by atoms with Crippen molar-refractivity contribution in [3.05, 3.63) is 83.4 Å². The molecule has 4 heteroatoms. The Morgan fingerprint density at radius 3 is 2.25 bits per heavy atom. The van der Waals surface area contributed by atoms with Gasteiger partial charge >= 0.3 is 0 Å². The van der Waals surface area contributed by atoms with Crippen molar-refractivity contribution in [3.8, 4) is 28.4 Å². The minimum Gasteiger partial charge on any atom is -0.497 e. The summed E-state index contributed by atoms with van der Waals surface area (Å²) in [5, 5.41) is 0. The van der Waals surface area contributed by atoms with Gasteiger partial charge in [-0.3, -0.25) is 4.79 Å². The molecule has 28 heavy (non-hydrogen) atoms. The van der Waals surface area contributed by atoms with Gasteiger partial charge in [0.1, 0.15) is 23.9 Å². The summed E-state index contributed by atoms with van der Waals surface area (Å²) in [6.07, 6.45) is 1.82. The Hall–Kier alpha value is -3.53. The van der Waals surface area contributed by atoms with E-state index in [1.54, 1.807) is 20.3 Å². The average molecular weight is 372 g/mol. The molecule has 0 atom stereocenters. The molecular formula is C24H20O4. The summed E-state index contributed by atoms with van der Waals surface area (Å²) in [6, 6.07) is 21.2. The van der Waals surface area contributed by atoms with Crippen LogP contribution in [0.2, 0.25) is 0 Å². The molecule has 0 aliphatic carbocycles. The van der Waals surface area contributed by atoms with Crippen molar-refractivity contribution in [1.82, 2.24) is 0 Å². The molecule has 0 spiro atoms. The molecule has 0 unspecified atom stereocenters. The lowest BCUT2D eigenvalue weighted by Crippen LogP contribution is -2.19. The standard InChI is InChI=1S/C24H20O4/c1-26-20-11-16(12-21(14-20)27-2)10-19-15-28-23-9-8-18(13-22(23)24(19)25)17-6-4-3-5-7-17/h3-14H,15H2,1-2H3/b19-10+. The first-order chi connectivity index (χ1) is 13.7.